The molecule has 27 heavy (non-hydrogen) atoms. The normalized spacial score (nSPS) is 27.0. The van der Waals surface area contributed by atoms with Crippen LogP contribution in [0.1, 0.15) is 50.2 Å². The van der Waals surface area contributed by atoms with E-state index in [0.717, 1.165) is 23.9 Å². The van der Waals surface area contributed by atoms with E-state index in [-0.39, 0.29) is 18.5 Å². The summed E-state index contributed by atoms with van der Waals surface area (Å²) in [6.07, 6.45) is 8.42. The van der Waals surface area contributed by atoms with Crippen molar-refractivity contribution < 1.29 is 4.74 Å². The summed E-state index contributed by atoms with van der Waals surface area (Å²) in [7, 11) is 0. The second-order valence-corrected chi connectivity index (χ2v) is 8.11. The zero-order chi connectivity index (χ0) is 17.3. The molecule has 3 aliphatic rings. The number of fused-ring (bicyclic) bond motifs is 3. The van der Waals surface area contributed by atoms with Crippen molar-refractivity contribution >= 4 is 29.5 Å². The van der Waals surface area contributed by atoms with Gasteiger partial charge in [0.05, 0.1) is 6.10 Å². The molecule has 0 bridgehead atoms. The van der Waals surface area contributed by atoms with Gasteiger partial charge in [0.15, 0.2) is 0 Å². The second kappa shape index (κ2) is 8.12. The van der Waals surface area contributed by atoms with Crippen molar-refractivity contribution in [2.75, 3.05) is 17.2 Å². The van der Waals surface area contributed by atoms with E-state index in [1.165, 1.54) is 49.8 Å². The minimum atomic E-state index is 0. The first-order valence-corrected chi connectivity index (χ1v) is 10.2. The lowest BCUT2D eigenvalue weighted by Crippen LogP contribution is -2.42. The predicted molar refractivity (Wildman–Crippen MR) is 114 cm³/mol. The lowest BCUT2D eigenvalue weighted by atomic mass is 9.73. The van der Waals surface area contributed by atoms with Gasteiger partial charge < -0.3 is 15.4 Å². The summed E-state index contributed by atoms with van der Waals surface area (Å²) in [5.74, 6) is 1.44. The monoisotopic (exact) mass is 384 g/mol. The molecule has 3 atom stereocenters. The van der Waals surface area contributed by atoms with Crippen molar-refractivity contribution in [2.24, 2.45) is 11.8 Å². The summed E-state index contributed by atoms with van der Waals surface area (Å²) < 4.78 is 6.24. The molecular weight excluding hydrogens is 356 g/mol. The van der Waals surface area contributed by atoms with Crippen molar-refractivity contribution in [2.45, 2.75) is 50.7 Å². The molecule has 1 aliphatic carbocycles. The van der Waals surface area contributed by atoms with Gasteiger partial charge in [-0.05, 0) is 55.5 Å². The molecular formula is C23H29ClN2O. The Morgan fingerprint density at radius 1 is 0.889 bits per heavy atom. The Hall–Kier alpha value is -1.71. The van der Waals surface area contributed by atoms with Gasteiger partial charge in [-0.1, -0.05) is 37.5 Å². The van der Waals surface area contributed by atoms with Crippen LogP contribution in [0.15, 0.2) is 48.5 Å². The number of benzene rings is 2. The quantitative estimate of drug-likeness (QED) is 0.651. The highest BCUT2D eigenvalue weighted by Gasteiger charge is 2.43. The molecule has 2 aliphatic heterocycles. The Morgan fingerprint density at radius 3 is 2.52 bits per heavy atom. The van der Waals surface area contributed by atoms with Gasteiger partial charge in [-0.15, -0.1) is 12.4 Å². The number of anilines is 3. The molecule has 2 fully saturated rings. The van der Waals surface area contributed by atoms with Crippen LogP contribution in [-0.4, -0.2) is 12.6 Å². The molecule has 1 saturated heterocycles. The molecule has 0 aromatic heterocycles. The largest absolute Gasteiger partial charge is 0.381 e. The molecule has 2 N–H and O–H groups in total. The SMILES string of the molecule is Cl.c1ccc(Nc2ccc3c(c2)[C@H]2OCC[C@H]2[C@@H](C2CCCCC2)N3)cc1. The Labute approximate surface area is 168 Å². The van der Waals surface area contributed by atoms with Gasteiger partial charge in [-0.2, -0.15) is 0 Å². The summed E-state index contributed by atoms with van der Waals surface area (Å²) >= 11 is 0. The Balaban J connectivity index is 0.00000180. The van der Waals surface area contributed by atoms with Crippen LogP contribution in [0.3, 0.4) is 0 Å². The lowest BCUT2D eigenvalue weighted by molar-refractivity contribution is 0.0732. The third kappa shape index (κ3) is 3.68. The maximum Gasteiger partial charge on any atom is 0.0894 e. The van der Waals surface area contributed by atoms with Crippen LogP contribution in [0.5, 0.6) is 0 Å². The third-order valence-electron chi connectivity index (χ3n) is 6.50. The Morgan fingerprint density at radius 2 is 1.70 bits per heavy atom. The number of hydrogen-bond acceptors (Lipinski definition) is 3. The van der Waals surface area contributed by atoms with Gasteiger partial charge in [0.2, 0.25) is 0 Å². The van der Waals surface area contributed by atoms with Gasteiger partial charge in [-0.3, -0.25) is 0 Å². The van der Waals surface area contributed by atoms with Gasteiger partial charge in [0.25, 0.3) is 0 Å². The first-order valence-electron chi connectivity index (χ1n) is 10.2. The van der Waals surface area contributed by atoms with E-state index < -0.39 is 0 Å². The summed E-state index contributed by atoms with van der Waals surface area (Å²) in [4.78, 5) is 0. The van der Waals surface area contributed by atoms with Crippen LogP contribution >= 0.6 is 12.4 Å². The minimum Gasteiger partial charge on any atom is -0.381 e. The zero-order valence-corrected chi connectivity index (χ0v) is 16.5. The average Bonchev–Trinajstić information content (AvgIpc) is 3.19. The van der Waals surface area contributed by atoms with E-state index in [4.69, 9.17) is 4.74 Å². The first kappa shape index (κ1) is 18.6. The maximum absolute atomic E-state index is 6.24. The molecule has 4 heteroatoms. The fraction of sp³-hybridized carbons (Fsp3) is 0.478. The molecule has 0 spiro atoms. The predicted octanol–water partition coefficient (Wildman–Crippen LogP) is 6.30. The van der Waals surface area contributed by atoms with E-state index in [0.29, 0.717) is 12.0 Å². The Kier molecular flexibility index (Phi) is 5.60. The second-order valence-electron chi connectivity index (χ2n) is 8.11. The highest BCUT2D eigenvalue weighted by Crippen LogP contribution is 2.49. The fourth-order valence-electron chi connectivity index (χ4n) is 5.24. The van der Waals surface area contributed by atoms with E-state index in [1.807, 2.05) is 6.07 Å². The average molecular weight is 385 g/mol. The number of nitrogens with one attached hydrogen (secondary N) is 2. The zero-order valence-electron chi connectivity index (χ0n) is 15.7. The Bertz CT molecular complexity index is 760. The summed E-state index contributed by atoms with van der Waals surface area (Å²) in [5.41, 5.74) is 4.88. The maximum atomic E-state index is 6.24. The molecule has 144 valence electrons. The summed E-state index contributed by atoms with van der Waals surface area (Å²) in [6, 6.07) is 17.7. The standard InChI is InChI=1S/C23H28N2O.ClH/c1-3-7-16(8-4-1)22-19-13-14-26-23(19)20-15-18(11-12-21(20)25-22)24-17-9-5-2-6-10-17;/h2,5-6,9-12,15-16,19,22-25H,1,3-4,7-8,13-14H2;1H/t19-,22+,23-;/m0./s1. The minimum absolute atomic E-state index is 0. The van der Waals surface area contributed by atoms with Crippen LogP contribution in [0.2, 0.25) is 0 Å². The van der Waals surface area contributed by atoms with E-state index >= 15 is 0 Å². The van der Waals surface area contributed by atoms with Crippen LogP contribution < -0.4 is 10.6 Å². The van der Waals surface area contributed by atoms with Crippen LogP contribution in [0, 0.1) is 11.8 Å². The fourth-order valence-corrected chi connectivity index (χ4v) is 5.24. The number of halogens is 1. The number of para-hydroxylation sites is 1. The molecule has 0 radical (unpaired) electrons. The molecule has 0 unspecified atom stereocenters. The highest BCUT2D eigenvalue weighted by molar-refractivity contribution is 5.85. The smallest absolute Gasteiger partial charge is 0.0894 e. The van der Waals surface area contributed by atoms with Crippen molar-refractivity contribution in [3.63, 3.8) is 0 Å². The third-order valence-corrected chi connectivity index (χ3v) is 6.50. The van der Waals surface area contributed by atoms with Crippen LogP contribution in [0.4, 0.5) is 17.1 Å². The number of rotatable bonds is 3. The topological polar surface area (TPSA) is 33.3 Å². The van der Waals surface area contributed by atoms with Gasteiger partial charge in [-0.25, -0.2) is 0 Å². The molecule has 0 amide bonds. The summed E-state index contributed by atoms with van der Waals surface area (Å²) in [5, 5.41) is 7.45. The van der Waals surface area contributed by atoms with E-state index in [9.17, 15) is 0 Å². The molecule has 2 aromatic carbocycles. The van der Waals surface area contributed by atoms with Gasteiger partial charge in [0, 0.05) is 41.2 Å². The van der Waals surface area contributed by atoms with Crippen molar-refractivity contribution in [1.82, 2.24) is 0 Å². The molecule has 5 rings (SSSR count). The van der Waals surface area contributed by atoms with E-state index in [2.05, 4.69) is 53.1 Å². The lowest BCUT2D eigenvalue weighted by Gasteiger charge is -2.42. The van der Waals surface area contributed by atoms with Crippen molar-refractivity contribution in [3.05, 3.63) is 54.1 Å². The first-order chi connectivity index (χ1) is 12.9. The molecule has 3 nitrogen and oxygen atoms in total. The molecule has 2 heterocycles. The van der Waals surface area contributed by atoms with Crippen molar-refractivity contribution in [1.29, 1.82) is 0 Å². The van der Waals surface area contributed by atoms with Crippen molar-refractivity contribution in [3.8, 4) is 0 Å². The molecule has 1 saturated carbocycles. The van der Waals surface area contributed by atoms with Crippen LogP contribution in [0.25, 0.3) is 0 Å². The van der Waals surface area contributed by atoms with Gasteiger partial charge >= 0.3 is 0 Å². The molecule has 2 aromatic rings. The number of ether oxygens (including phenoxy) is 1. The van der Waals surface area contributed by atoms with E-state index in [1.54, 1.807) is 0 Å². The van der Waals surface area contributed by atoms with Gasteiger partial charge in [0.1, 0.15) is 0 Å². The van der Waals surface area contributed by atoms with Crippen LogP contribution in [-0.2, 0) is 4.74 Å². The summed E-state index contributed by atoms with van der Waals surface area (Å²) in [6.45, 7) is 0.899. The number of hydrogen-bond donors (Lipinski definition) is 2. The highest BCUT2D eigenvalue weighted by atomic mass is 35.5.